The van der Waals surface area contributed by atoms with Crippen LogP contribution in [-0.4, -0.2) is 53.8 Å². The van der Waals surface area contributed by atoms with Crippen LogP contribution in [0.4, 0.5) is 4.79 Å². The first-order valence-electron chi connectivity index (χ1n) is 9.72. The number of piperidine rings is 2. The molecule has 0 atom stereocenters. The van der Waals surface area contributed by atoms with Gasteiger partial charge in [0.25, 0.3) is 5.91 Å². The Balaban J connectivity index is 1.48. The zero-order valence-corrected chi connectivity index (χ0v) is 15.7. The highest BCUT2D eigenvalue weighted by Gasteiger charge is 2.27. The SMILES string of the molecule is NC(=O)NCc1ccc(C(=O)N2CCC(CN3CCCCC3=O)CC2)cc1. The van der Waals surface area contributed by atoms with Crippen LogP contribution in [0.25, 0.3) is 0 Å². The summed E-state index contributed by atoms with van der Waals surface area (Å²) in [4.78, 5) is 39.3. The van der Waals surface area contributed by atoms with Crippen LogP contribution in [0.3, 0.4) is 0 Å². The van der Waals surface area contributed by atoms with Gasteiger partial charge >= 0.3 is 6.03 Å². The number of urea groups is 1. The third-order valence-electron chi connectivity index (χ3n) is 5.47. The van der Waals surface area contributed by atoms with Gasteiger partial charge in [0.05, 0.1) is 0 Å². The summed E-state index contributed by atoms with van der Waals surface area (Å²) in [5.41, 5.74) is 6.61. The Morgan fingerprint density at radius 3 is 2.41 bits per heavy atom. The van der Waals surface area contributed by atoms with Gasteiger partial charge in [-0.2, -0.15) is 0 Å². The van der Waals surface area contributed by atoms with Gasteiger partial charge in [-0.15, -0.1) is 0 Å². The van der Waals surface area contributed by atoms with Crippen molar-refractivity contribution in [2.45, 2.75) is 38.6 Å². The van der Waals surface area contributed by atoms with Crippen molar-refractivity contribution in [2.24, 2.45) is 11.7 Å². The Hall–Kier alpha value is -2.57. The maximum Gasteiger partial charge on any atom is 0.312 e. The Kier molecular flexibility index (Phi) is 6.32. The number of carbonyl (C=O) groups is 3. The van der Waals surface area contributed by atoms with E-state index < -0.39 is 6.03 Å². The molecule has 0 spiro atoms. The quantitative estimate of drug-likeness (QED) is 0.824. The maximum atomic E-state index is 12.7. The molecule has 7 nitrogen and oxygen atoms in total. The zero-order chi connectivity index (χ0) is 19.2. The average molecular weight is 372 g/mol. The molecule has 2 aliphatic heterocycles. The minimum absolute atomic E-state index is 0.0388. The highest BCUT2D eigenvalue weighted by Crippen LogP contribution is 2.22. The summed E-state index contributed by atoms with van der Waals surface area (Å²) in [7, 11) is 0. The fraction of sp³-hybridized carbons (Fsp3) is 0.550. The molecule has 2 fully saturated rings. The summed E-state index contributed by atoms with van der Waals surface area (Å²) < 4.78 is 0. The third kappa shape index (κ3) is 5.21. The molecule has 27 heavy (non-hydrogen) atoms. The first-order chi connectivity index (χ1) is 13.0. The number of nitrogens with zero attached hydrogens (tertiary/aromatic N) is 2. The fourth-order valence-corrected chi connectivity index (χ4v) is 3.82. The van der Waals surface area contributed by atoms with Crippen molar-refractivity contribution >= 4 is 17.8 Å². The van der Waals surface area contributed by atoms with E-state index in [4.69, 9.17) is 5.73 Å². The molecule has 0 aromatic heterocycles. The van der Waals surface area contributed by atoms with Crippen LogP contribution in [0.5, 0.6) is 0 Å². The minimum atomic E-state index is -0.565. The normalized spacial score (nSPS) is 18.4. The van der Waals surface area contributed by atoms with Crippen molar-refractivity contribution in [3.8, 4) is 0 Å². The second kappa shape index (κ2) is 8.88. The smallest absolute Gasteiger partial charge is 0.312 e. The highest BCUT2D eigenvalue weighted by molar-refractivity contribution is 5.94. The van der Waals surface area contributed by atoms with Gasteiger partial charge in [-0.1, -0.05) is 12.1 Å². The molecule has 2 saturated heterocycles. The van der Waals surface area contributed by atoms with Gasteiger partial charge in [0.1, 0.15) is 0 Å². The molecule has 4 amide bonds. The lowest BCUT2D eigenvalue weighted by atomic mass is 9.94. The van der Waals surface area contributed by atoms with Crippen LogP contribution >= 0.6 is 0 Å². The fourth-order valence-electron chi connectivity index (χ4n) is 3.82. The van der Waals surface area contributed by atoms with Crippen LogP contribution in [-0.2, 0) is 11.3 Å². The van der Waals surface area contributed by atoms with Crippen molar-refractivity contribution in [3.05, 3.63) is 35.4 Å². The zero-order valence-electron chi connectivity index (χ0n) is 15.7. The van der Waals surface area contributed by atoms with Crippen molar-refractivity contribution in [2.75, 3.05) is 26.2 Å². The van der Waals surface area contributed by atoms with Crippen LogP contribution in [0.15, 0.2) is 24.3 Å². The van der Waals surface area contributed by atoms with Crippen molar-refractivity contribution in [1.29, 1.82) is 0 Å². The summed E-state index contributed by atoms with van der Waals surface area (Å²) in [5.74, 6) is 0.806. The van der Waals surface area contributed by atoms with Gasteiger partial charge < -0.3 is 20.9 Å². The number of rotatable bonds is 5. The number of carbonyl (C=O) groups excluding carboxylic acids is 3. The number of likely N-dealkylation sites (tertiary alicyclic amines) is 2. The molecule has 1 aromatic carbocycles. The van der Waals surface area contributed by atoms with Gasteiger partial charge in [0.15, 0.2) is 0 Å². The predicted molar refractivity (Wildman–Crippen MR) is 102 cm³/mol. The molecule has 2 aliphatic rings. The van der Waals surface area contributed by atoms with E-state index in [1.807, 2.05) is 21.9 Å². The molecular weight excluding hydrogens is 344 g/mol. The summed E-state index contributed by atoms with van der Waals surface area (Å²) >= 11 is 0. The standard InChI is InChI=1S/C20H28N4O3/c21-20(27)22-13-15-4-6-17(7-5-15)19(26)23-11-8-16(9-12-23)14-24-10-2-1-3-18(24)25/h4-7,16H,1-3,8-14H2,(H3,21,22,27). The number of amides is 4. The lowest BCUT2D eigenvalue weighted by Crippen LogP contribution is -2.44. The van der Waals surface area contributed by atoms with E-state index in [1.54, 1.807) is 12.1 Å². The summed E-state index contributed by atoms with van der Waals surface area (Å²) in [6.45, 7) is 3.54. The third-order valence-corrected chi connectivity index (χ3v) is 5.47. The number of primary amides is 1. The Bertz CT molecular complexity index is 681. The topological polar surface area (TPSA) is 95.7 Å². The molecule has 0 saturated carbocycles. The molecule has 0 bridgehead atoms. The molecule has 3 N–H and O–H groups in total. The summed E-state index contributed by atoms with van der Waals surface area (Å²) in [6.07, 6.45) is 4.68. The van der Waals surface area contributed by atoms with Crippen molar-refractivity contribution in [3.63, 3.8) is 0 Å². The first kappa shape index (κ1) is 19.2. The lowest BCUT2D eigenvalue weighted by Gasteiger charge is -2.36. The Labute approximate surface area is 159 Å². The average Bonchev–Trinajstić information content (AvgIpc) is 2.68. The Morgan fingerprint density at radius 2 is 1.78 bits per heavy atom. The molecule has 3 rings (SSSR count). The number of benzene rings is 1. The monoisotopic (exact) mass is 372 g/mol. The van der Waals surface area contributed by atoms with Crippen LogP contribution in [0.1, 0.15) is 48.0 Å². The van der Waals surface area contributed by atoms with E-state index in [2.05, 4.69) is 5.32 Å². The van der Waals surface area contributed by atoms with Crippen molar-refractivity contribution < 1.29 is 14.4 Å². The molecular formula is C20H28N4O3. The largest absolute Gasteiger partial charge is 0.352 e. The van der Waals surface area contributed by atoms with E-state index in [0.717, 1.165) is 57.4 Å². The van der Waals surface area contributed by atoms with Crippen molar-refractivity contribution in [1.82, 2.24) is 15.1 Å². The molecule has 146 valence electrons. The van der Waals surface area contributed by atoms with Gasteiger partial charge in [0.2, 0.25) is 5.91 Å². The molecule has 7 heteroatoms. The van der Waals surface area contributed by atoms with E-state index in [9.17, 15) is 14.4 Å². The summed E-state index contributed by atoms with van der Waals surface area (Å²) in [5, 5.41) is 2.53. The molecule has 0 aliphatic carbocycles. The molecule has 0 radical (unpaired) electrons. The number of hydrogen-bond acceptors (Lipinski definition) is 3. The van der Waals surface area contributed by atoms with Gasteiger partial charge in [-0.25, -0.2) is 4.79 Å². The van der Waals surface area contributed by atoms with E-state index in [0.29, 0.717) is 24.4 Å². The highest BCUT2D eigenvalue weighted by atomic mass is 16.2. The Morgan fingerprint density at radius 1 is 1.07 bits per heavy atom. The minimum Gasteiger partial charge on any atom is -0.352 e. The number of hydrogen-bond donors (Lipinski definition) is 2. The van der Waals surface area contributed by atoms with Gasteiger partial charge in [-0.05, 0) is 49.3 Å². The van der Waals surface area contributed by atoms with Crippen LogP contribution in [0.2, 0.25) is 0 Å². The second-order valence-electron chi connectivity index (χ2n) is 7.45. The first-order valence-corrected chi connectivity index (χ1v) is 9.72. The van der Waals surface area contributed by atoms with E-state index >= 15 is 0 Å². The number of nitrogens with two attached hydrogens (primary N) is 1. The van der Waals surface area contributed by atoms with Crippen LogP contribution < -0.4 is 11.1 Å². The lowest BCUT2D eigenvalue weighted by molar-refractivity contribution is -0.134. The van der Waals surface area contributed by atoms with E-state index in [1.165, 1.54) is 0 Å². The van der Waals surface area contributed by atoms with Gasteiger partial charge in [-0.3, -0.25) is 9.59 Å². The van der Waals surface area contributed by atoms with E-state index in [-0.39, 0.29) is 11.8 Å². The number of nitrogens with one attached hydrogen (secondary N) is 1. The molecule has 1 aromatic rings. The maximum absolute atomic E-state index is 12.7. The molecule has 2 heterocycles. The summed E-state index contributed by atoms with van der Waals surface area (Å²) in [6, 6.07) is 6.68. The van der Waals surface area contributed by atoms with Gasteiger partial charge in [0, 0.05) is 44.7 Å². The second-order valence-corrected chi connectivity index (χ2v) is 7.45. The predicted octanol–water partition coefficient (Wildman–Crippen LogP) is 1.72. The van der Waals surface area contributed by atoms with Crippen LogP contribution in [0, 0.1) is 5.92 Å². The molecule has 0 unspecified atom stereocenters.